The molecule has 0 bridgehead atoms. The number of nitro groups is 1. The number of nitro benzene ring substituents is 1. The summed E-state index contributed by atoms with van der Waals surface area (Å²) in [5, 5.41) is 17.6. The number of aromatic nitrogens is 2. The summed E-state index contributed by atoms with van der Waals surface area (Å²) in [5.41, 5.74) is 0.696. The Morgan fingerprint density at radius 1 is 1.18 bits per heavy atom. The highest BCUT2D eigenvalue weighted by Gasteiger charge is 2.12. The Bertz CT molecular complexity index is 1060. The number of hydrogen-bond acceptors (Lipinski definition) is 4. The number of halogens is 2. The van der Waals surface area contributed by atoms with Crippen LogP contribution in [-0.2, 0) is 4.79 Å². The van der Waals surface area contributed by atoms with E-state index in [2.05, 4.69) is 10.4 Å². The number of anilines is 1. The highest BCUT2D eigenvalue weighted by atomic mass is 19.1. The molecule has 0 spiro atoms. The third-order valence-corrected chi connectivity index (χ3v) is 3.79. The molecule has 7 nitrogen and oxygen atoms in total. The first-order chi connectivity index (χ1) is 13.3. The highest BCUT2D eigenvalue weighted by molar-refractivity contribution is 6.01. The zero-order valence-electron chi connectivity index (χ0n) is 14.6. The molecular formula is C19H14F2N4O3. The average molecular weight is 384 g/mol. The first-order valence-corrected chi connectivity index (χ1v) is 8.10. The van der Waals surface area contributed by atoms with E-state index < -0.39 is 22.5 Å². The van der Waals surface area contributed by atoms with Crippen molar-refractivity contribution < 1.29 is 18.5 Å². The Kier molecular flexibility index (Phi) is 5.25. The van der Waals surface area contributed by atoms with Crippen molar-refractivity contribution in [2.75, 3.05) is 5.32 Å². The number of rotatable bonds is 5. The largest absolute Gasteiger partial charge is 0.307 e. The summed E-state index contributed by atoms with van der Waals surface area (Å²) in [7, 11) is 0. The number of amides is 1. The lowest BCUT2D eigenvalue weighted by Gasteiger charge is -2.07. The van der Waals surface area contributed by atoms with E-state index >= 15 is 0 Å². The van der Waals surface area contributed by atoms with Crippen LogP contribution in [0.15, 0.2) is 54.6 Å². The predicted molar refractivity (Wildman–Crippen MR) is 99.0 cm³/mol. The highest BCUT2D eigenvalue weighted by Crippen LogP contribution is 2.20. The van der Waals surface area contributed by atoms with Gasteiger partial charge >= 0.3 is 0 Å². The minimum atomic E-state index is -0.782. The predicted octanol–water partition coefficient (Wildman–Crippen LogP) is 4.02. The van der Waals surface area contributed by atoms with Crippen LogP contribution in [0.25, 0.3) is 11.8 Å². The van der Waals surface area contributed by atoms with Crippen LogP contribution in [0.5, 0.6) is 0 Å². The standard InChI is InChI=1S/C19H14F2N4O3/c1-12-11-18(24(23-12)13-5-7-14(8-6-13)25(27)28)22-19(26)10-9-15-16(20)3-2-4-17(15)21/h2-11H,1H3,(H,22,26)/b10-9+. The molecule has 3 rings (SSSR count). The molecule has 0 saturated carbocycles. The van der Waals surface area contributed by atoms with Crippen LogP contribution in [0.2, 0.25) is 0 Å². The fourth-order valence-corrected chi connectivity index (χ4v) is 2.50. The van der Waals surface area contributed by atoms with Gasteiger partial charge in [-0.25, -0.2) is 13.5 Å². The van der Waals surface area contributed by atoms with Gasteiger partial charge in [0.25, 0.3) is 5.69 Å². The molecule has 0 aliphatic heterocycles. The summed E-state index contributed by atoms with van der Waals surface area (Å²) in [4.78, 5) is 22.4. The van der Waals surface area contributed by atoms with Gasteiger partial charge in [0.1, 0.15) is 17.5 Å². The van der Waals surface area contributed by atoms with Gasteiger partial charge in [0, 0.05) is 29.8 Å². The van der Waals surface area contributed by atoms with Gasteiger partial charge in [-0.2, -0.15) is 5.10 Å². The molecule has 28 heavy (non-hydrogen) atoms. The van der Waals surface area contributed by atoms with Crippen molar-refractivity contribution in [1.29, 1.82) is 0 Å². The molecule has 0 fully saturated rings. The van der Waals surface area contributed by atoms with Crippen molar-refractivity contribution in [2.24, 2.45) is 0 Å². The molecule has 142 valence electrons. The SMILES string of the molecule is Cc1cc(NC(=O)/C=C/c2c(F)cccc2F)n(-c2ccc([N+](=O)[O-])cc2)n1. The zero-order chi connectivity index (χ0) is 20.3. The third-order valence-electron chi connectivity index (χ3n) is 3.79. The smallest absolute Gasteiger partial charge is 0.269 e. The van der Waals surface area contributed by atoms with Crippen molar-refractivity contribution in [2.45, 2.75) is 6.92 Å². The van der Waals surface area contributed by atoms with Crippen LogP contribution < -0.4 is 5.32 Å². The maximum absolute atomic E-state index is 13.6. The van der Waals surface area contributed by atoms with Crippen molar-refractivity contribution in [3.63, 3.8) is 0 Å². The second-order valence-electron chi connectivity index (χ2n) is 5.81. The van der Waals surface area contributed by atoms with Crippen LogP contribution in [0.1, 0.15) is 11.3 Å². The molecule has 1 heterocycles. The minimum Gasteiger partial charge on any atom is -0.307 e. The fourth-order valence-electron chi connectivity index (χ4n) is 2.50. The van der Waals surface area contributed by atoms with E-state index in [0.717, 1.165) is 24.3 Å². The maximum atomic E-state index is 13.6. The van der Waals surface area contributed by atoms with E-state index in [1.54, 1.807) is 13.0 Å². The number of carbonyl (C=O) groups excluding carboxylic acids is 1. The summed E-state index contributed by atoms with van der Waals surface area (Å²) in [6.45, 7) is 1.71. The number of aryl methyl sites for hydroxylation is 1. The average Bonchev–Trinajstić information content (AvgIpc) is 3.01. The summed E-state index contributed by atoms with van der Waals surface area (Å²) in [6, 6.07) is 10.6. The third kappa shape index (κ3) is 4.09. The first kappa shape index (κ1) is 18.9. The van der Waals surface area contributed by atoms with E-state index in [-0.39, 0.29) is 11.3 Å². The summed E-state index contributed by atoms with van der Waals surface area (Å²) < 4.78 is 28.6. The van der Waals surface area contributed by atoms with E-state index in [1.165, 1.54) is 35.0 Å². The van der Waals surface area contributed by atoms with Crippen LogP contribution >= 0.6 is 0 Å². The summed E-state index contributed by atoms with van der Waals surface area (Å²) >= 11 is 0. The number of nitrogens with one attached hydrogen (secondary N) is 1. The molecule has 1 N–H and O–H groups in total. The van der Waals surface area contributed by atoms with Crippen LogP contribution in [0, 0.1) is 28.7 Å². The van der Waals surface area contributed by atoms with Gasteiger partial charge in [0.05, 0.1) is 16.3 Å². The maximum Gasteiger partial charge on any atom is 0.269 e. The van der Waals surface area contributed by atoms with E-state index in [0.29, 0.717) is 17.2 Å². The van der Waals surface area contributed by atoms with Crippen molar-refractivity contribution in [3.8, 4) is 5.69 Å². The summed E-state index contributed by atoms with van der Waals surface area (Å²) in [6.07, 6.45) is 2.05. The normalized spacial score (nSPS) is 11.0. The van der Waals surface area contributed by atoms with Gasteiger partial charge in [0.15, 0.2) is 0 Å². The molecule has 0 aliphatic carbocycles. The number of carbonyl (C=O) groups is 1. The number of non-ortho nitro benzene ring substituents is 1. The van der Waals surface area contributed by atoms with Crippen molar-refractivity contribution in [3.05, 3.63) is 87.6 Å². The second kappa shape index (κ2) is 7.78. The molecule has 1 amide bonds. The quantitative estimate of drug-likeness (QED) is 0.409. The van der Waals surface area contributed by atoms with Crippen LogP contribution in [-0.4, -0.2) is 20.6 Å². The molecule has 0 unspecified atom stereocenters. The van der Waals surface area contributed by atoms with E-state index in [1.807, 2.05) is 0 Å². The lowest BCUT2D eigenvalue weighted by atomic mass is 10.2. The van der Waals surface area contributed by atoms with Crippen LogP contribution in [0.3, 0.4) is 0 Å². The Labute approximate surface area is 158 Å². The van der Waals surface area contributed by atoms with Gasteiger partial charge in [-0.1, -0.05) is 6.07 Å². The Balaban J connectivity index is 1.82. The topological polar surface area (TPSA) is 90.1 Å². The first-order valence-electron chi connectivity index (χ1n) is 8.10. The molecule has 0 atom stereocenters. The molecule has 3 aromatic rings. The summed E-state index contributed by atoms with van der Waals surface area (Å²) in [5.74, 6) is -1.88. The number of benzene rings is 2. The monoisotopic (exact) mass is 384 g/mol. The molecule has 1 aromatic heterocycles. The lowest BCUT2D eigenvalue weighted by molar-refractivity contribution is -0.384. The Morgan fingerprint density at radius 3 is 2.43 bits per heavy atom. The van der Waals surface area contributed by atoms with Crippen molar-refractivity contribution in [1.82, 2.24) is 9.78 Å². The molecular weight excluding hydrogens is 370 g/mol. The van der Waals surface area contributed by atoms with Gasteiger partial charge in [-0.05, 0) is 37.3 Å². The van der Waals surface area contributed by atoms with E-state index in [9.17, 15) is 23.7 Å². The van der Waals surface area contributed by atoms with E-state index in [4.69, 9.17) is 0 Å². The molecule has 0 saturated heterocycles. The molecule has 9 heteroatoms. The zero-order valence-corrected chi connectivity index (χ0v) is 14.6. The van der Waals surface area contributed by atoms with Gasteiger partial charge in [0.2, 0.25) is 5.91 Å². The second-order valence-corrected chi connectivity index (χ2v) is 5.81. The molecule has 0 aliphatic rings. The molecule has 0 radical (unpaired) electrons. The van der Waals surface area contributed by atoms with Crippen molar-refractivity contribution >= 4 is 23.5 Å². The Hall–Kier alpha value is -3.88. The number of nitrogens with zero attached hydrogens (tertiary/aromatic N) is 3. The molecule has 2 aromatic carbocycles. The van der Waals surface area contributed by atoms with Crippen LogP contribution in [0.4, 0.5) is 20.3 Å². The van der Waals surface area contributed by atoms with Gasteiger partial charge < -0.3 is 5.32 Å². The minimum absolute atomic E-state index is 0.0759. The fraction of sp³-hybridized carbons (Fsp3) is 0.0526. The Morgan fingerprint density at radius 2 is 1.82 bits per heavy atom. The van der Waals surface area contributed by atoms with Gasteiger partial charge in [-0.15, -0.1) is 0 Å². The van der Waals surface area contributed by atoms with Gasteiger partial charge in [-0.3, -0.25) is 14.9 Å². The lowest BCUT2D eigenvalue weighted by Crippen LogP contribution is -2.12. The number of hydrogen-bond donors (Lipinski definition) is 1.